The van der Waals surface area contributed by atoms with Crippen LogP contribution in [0.2, 0.25) is 0 Å². The molecule has 11 nitrogen and oxygen atoms in total. The van der Waals surface area contributed by atoms with Gasteiger partial charge in [0.2, 0.25) is 0 Å². The number of fused-ring (bicyclic) bond motifs is 2. The summed E-state index contributed by atoms with van der Waals surface area (Å²) in [6.07, 6.45) is 2.72. The second-order valence-electron chi connectivity index (χ2n) is 11.2. The molecule has 2 aromatic heterocycles. The predicted octanol–water partition coefficient (Wildman–Crippen LogP) is 2.98. The van der Waals surface area contributed by atoms with Crippen LogP contribution in [-0.4, -0.2) is 86.8 Å². The van der Waals surface area contributed by atoms with Gasteiger partial charge >= 0.3 is 5.97 Å². The molecule has 2 aromatic rings. The van der Waals surface area contributed by atoms with Crippen LogP contribution in [0.1, 0.15) is 61.1 Å². The van der Waals surface area contributed by atoms with Gasteiger partial charge in [-0.05, 0) is 61.6 Å². The molecule has 0 unspecified atom stereocenters. The molecule has 0 spiro atoms. The third-order valence-corrected chi connectivity index (χ3v) is 6.35. The molecular weight excluding hydrogens is 464 g/mol. The normalized spacial score (nSPS) is 26.4. The Bertz CT molecular complexity index is 1070. The minimum atomic E-state index is -0.723. The summed E-state index contributed by atoms with van der Waals surface area (Å²) in [5.74, 6) is -0.396. The fourth-order valence-electron chi connectivity index (χ4n) is 4.70. The first-order chi connectivity index (χ1) is 16.9. The number of likely N-dealkylation sites (N-methyl/N-ethyl adjacent to an activating group) is 1. The Labute approximate surface area is 212 Å². The second-order valence-corrected chi connectivity index (χ2v) is 11.2. The number of hydrogen-bond donors (Lipinski definition) is 1. The lowest BCUT2D eigenvalue weighted by Crippen LogP contribution is -2.39. The summed E-state index contributed by atoms with van der Waals surface area (Å²) < 4.78 is 26.5. The van der Waals surface area contributed by atoms with Crippen LogP contribution in [-0.2, 0) is 23.7 Å². The highest BCUT2D eigenvalue weighted by molar-refractivity contribution is 5.82. The topological polar surface area (TPSA) is 113 Å². The van der Waals surface area contributed by atoms with Crippen molar-refractivity contribution in [2.45, 2.75) is 90.8 Å². The lowest BCUT2D eigenvalue weighted by Gasteiger charge is -2.28. The summed E-state index contributed by atoms with van der Waals surface area (Å²) in [6.45, 7) is 15.5. The van der Waals surface area contributed by atoms with Gasteiger partial charge in [0.1, 0.15) is 30.2 Å². The molecule has 0 radical (unpaired) electrons. The first-order valence-electron chi connectivity index (χ1n) is 12.7. The molecule has 0 saturated carbocycles. The zero-order valence-electron chi connectivity index (χ0n) is 22.6. The van der Waals surface area contributed by atoms with E-state index >= 15 is 0 Å². The van der Waals surface area contributed by atoms with Gasteiger partial charge in [-0.15, -0.1) is 0 Å². The fraction of sp³-hybridized carbons (Fsp3) is 0.760. The van der Waals surface area contributed by atoms with Crippen molar-refractivity contribution in [3.05, 3.63) is 12.7 Å². The van der Waals surface area contributed by atoms with Crippen molar-refractivity contribution < 1.29 is 23.7 Å². The van der Waals surface area contributed by atoms with Crippen molar-refractivity contribution >= 4 is 23.0 Å². The average molecular weight is 505 g/mol. The average Bonchev–Trinajstić information content (AvgIpc) is 3.43. The van der Waals surface area contributed by atoms with E-state index < -0.39 is 17.6 Å². The van der Waals surface area contributed by atoms with E-state index in [1.807, 2.05) is 60.1 Å². The Morgan fingerprint density at radius 1 is 1.25 bits per heavy atom. The van der Waals surface area contributed by atoms with Crippen LogP contribution in [0.25, 0.3) is 11.2 Å². The Hall–Kier alpha value is -2.34. The minimum Gasteiger partial charge on any atom is -0.460 e. The van der Waals surface area contributed by atoms with Crippen LogP contribution in [0.15, 0.2) is 12.7 Å². The molecule has 1 N–H and O–H groups in total. The summed E-state index contributed by atoms with van der Waals surface area (Å²) in [5.41, 5.74) is 0.883. The molecule has 4 rings (SSSR count). The highest BCUT2D eigenvalue weighted by Gasteiger charge is 2.56. The van der Waals surface area contributed by atoms with Crippen LogP contribution in [0, 0.1) is 5.92 Å². The fourth-order valence-corrected chi connectivity index (χ4v) is 4.70. The molecule has 200 valence electrons. The lowest BCUT2D eigenvalue weighted by molar-refractivity contribution is -0.197. The number of aromatic nitrogens is 4. The Kier molecular flexibility index (Phi) is 7.57. The first-order valence-corrected chi connectivity index (χ1v) is 12.7. The zero-order valence-corrected chi connectivity index (χ0v) is 22.6. The number of hydrogen-bond acceptors (Lipinski definition) is 10. The number of esters is 1. The van der Waals surface area contributed by atoms with Crippen molar-refractivity contribution in [3.8, 4) is 0 Å². The summed E-state index contributed by atoms with van der Waals surface area (Å²) in [6, 6.07) is 0. The number of nitrogens with zero attached hydrogens (tertiary/aromatic N) is 5. The molecule has 0 aromatic carbocycles. The van der Waals surface area contributed by atoms with Crippen LogP contribution < -0.4 is 5.32 Å². The number of ether oxygens (including phenoxy) is 4. The van der Waals surface area contributed by atoms with Crippen molar-refractivity contribution in [2.24, 2.45) is 5.92 Å². The highest BCUT2D eigenvalue weighted by atomic mass is 16.8. The molecule has 4 heterocycles. The van der Waals surface area contributed by atoms with Gasteiger partial charge in [0.25, 0.3) is 0 Å². The van der Waals surface area contributed by atoms with Gasteiger partial charge in [0.05, 0.1) is 12.2 Å². The molecule has 2 aliphatic rings. The SMILES string of the molecule is CCNc1ncnc2c1ncn2[C@@H]1O[C@H](CN(C)CC[C@H](C)C(=O)OC(C)(C)C)[C@H]2OC(C)(C)O[C@H]21. The molecule has 5 atom stereocenters. The minimum absolute atomic E-state index is 0.173. The summed E-state index contributed by atoms with van der Waals surface area (Å²) in [4.78, 5) is 27.9. The Morgan fingerprint density at radius 2 is 1.97 bits per heavy atom. The number of carbonyl (C=O) groups excluding carboxylic acids is 1. The van der Waals surface area contributed by atoms with E-state index in [2.05, 4.69) is 25.2 Å². The number of carbonyl (C=O) groups is 1. The monoisotopic (exact) mass is 504 g/mol. The third-order valence-electron chi connectivity index (χ3n) is 6.35. The van der Waals surface area contributed by atoms with Crippen molar-refractivity contribution in [1.82, 2.24) is 24.4 Å². The van der Waals surface area contributed by atoms with Gasteiger partial charge in [-0.1, -0.05) is 6.92 Å². The van der Waals surface area contributed by atoms with E-state index in [-0.39, 0.29) is 30.2 Å². The molecule has 36 heavy (non-hydrogen) atoms. The zero-order chi connectivity index (χ0) is 26.3. The van der Waals surface area contributed by atoms with Crippen LogP contribution >= 0.6 is 0 Å². The maximum atomic E-state index is 12.4. The quantitative estimate of drug-likeness (QED) is 0.511. The molecule has 0 amide bonds. The van der Waals surface area contributed by atoms with Crippen molar-refractivity contribution in [3.63, 3.8) is 0 Å². The van der Waals surface area contributed by atoms with Crippen LogP contribution in [0.5, 0.6) is 0 Å². The van der Waals surface area contributed by atoms with E-state index in [4.69, 9.17) is 18.9 Å². The standard InChI is InChI=1S/C25H40N6O5/c1-9-26-20-17-21(28-13-27-20)31(14-29-17)22-19-18(34-25(6,7)35-19)16(33-22)12-30(8)11-10-15(2)23(32)36-24(3,4)5/h13-16,18-19,22H,9-12H2,1-8H3,(H,26,27,28)/t15-,16+,18+,19+,22+/m0/s1. The van der Waals surface area contributed by atoms with Crippen LogP contribution in [0.3, 0.4) is 0 Å². The number of imidazole rings is 1. The number of anilines is 1. The van der Waals surface area contributed by atoms with Gasteiger partial charge in [-0.3, -0.25) is 9.36 Å². The maximum Gasteiger partial charge on any atom is 0.309 e. The summed E-state index contributed by atoms with van der Waals surface area (Å²) in [5, 5.41) is 3.23. The van der Waals surface area contributed by atoms with Crippen molar-refractivity contribution in [1.29, 1.82) is 0 Å². The molecule has 2 aliphatic heterocycles. The second kappa shape index (κ2) is 10.2. The number of rotatable bonds is 9. The van der Waals surface area contributed by atoms with Gasteiger partial charge < -0.3 is 29.2 Å². The molecule has 0 aliphatic carbocycles. The Morgan fingerprint density at radius 3 is 2.67 bits per heavy atom. The number of nitrogens with one attached hydrogen (secondary N) is 1. The van der Waals surface area contributed by atoms with Gasteiger partial charge in [0, 0.05) is 13.1 Å². The predicted molar refractivity (Wildman–Crippen MR) is 134 cm³/mol. The summed E-state index contributed by atoms with van der Waals surface area (Å²) in [7, 11) is 2.02. The molecular formula is C25H40N6O5. The van der Waals surface area contributed by atoms with Gasteiger partial charge in [0.15, 0.2) is 29.0 Å². The molecule has 0 bridgehead atoms. The van der Waals surface area contributed by atoms with Crippen LogP contribution in [0.4, 0.5) is 5.82 Å². The maximum absolute atomic E-state index is 12.4. The van der Waals surface area contributed by atoms with E-state index in [9.17, 15) is 4.79 Å². The van der Waals surface area contributed by atoms with Crippen molar-refractivity contribution in [2.75, 3.05) is 32.0 Å². The van der Waals surface area contributed by atoms with E-state index in [0.29, 0.717) is 29.9 Å². The van der Waals surface area contributed by atoms with E-state index in [0.717, 1.165) is 13.1 Å². The molecule has 11 heteroatoms. The Balaban J connectivity index is 1.46. The first kappa shape index (κ1) is 26.7. The van der Waals surface area contributed by atoms with E-state index in [1.165, 1.54) is 6.33 Å². The lowest BCUT2D eigenvalue weighted by atomic mass is 10.1. The van der Waals surface area contributed by atoms with Gasteiger partial charge in [-0.2, -0.15) is 0 Å². The van der Waals surface area contributed by atoms with E-state index in [1.54, 1.807) is 6.33 Å². The molecule has 2 saturated heterocycles. The largest absolute Gasteiger partial charge is 0.460 e. The van der Waals surface area contributed by atoms with Gasteiger partial charge in [-0.25, -0.2) is 15.0 Å². The smallest absolute Gasteiger partial charge is 0.309 e. The highest BCUT2D eigenvalue weighted by Crippen LogP contribution is 2.44. The summed E-state index contributed by atoms with van der Waals surface area (Å²) >= 11 is 0. The third kappa shape index (κ3) is 5.80. The molecule has 2 fully saturated rings.